The van der Waals surface area contributed by atoms with Crippen LogP contribution in [0.4, 0.5) is 8.78 Å². The Morgan fingerprint density at radius 1 is 0.914 bits per heavy atom. The molecule has 3 nitrogen and oxygen atoms in total. The van der Waals surface area contributed by atoms with Crippen molar-refractivity contribution in [3.63, 3.8) is 0 Å². The summed E-state index contributed by atoms with van der Waals surface area (Å²) >= 11 is 1.82. The van der Waals surface area contributed by atoms with Gasteiger partial charge in [-0.25, -0.2) is 13.8 Å². The number of hydrogen-bond acceptors (Lipinski definition) is 3. The molecule has 0 N–H and O–H groups in total. The van der Waals surface area contributed by atoms with Crippen LogP contribution in [0.15, 0.2) is 72.9 Å². The van der Waals surface area contributed by atoms with E-state index in [-0.39, 0.29) is 6.54 Å². The van der Waals surface area contributed by atoms with E-state index in [2.05, 4.69) is 24.0 Å². The van der Waals surface area contributed by atoms with Gasteiger partial charge in [-0.1, -0.05) is 44.4 Å². The van der Waals surface area contributed by atoms with Gasteiger partial charge < -0.3 is 4.57 Å². The number of aryl methyl sites for hydroxylation is 1. The molecular formula is C29H27F2N3S. The third-order valence-corrected chi connectivity index (χ3v) is 7.40. The maximum absolute atomic E-state index is 14.5. The van der Waals surface area contributed by atoms with Crippen molar-refractivity contribution in [2.45, 2.75) is 45.6 Å². The zero-order valence-corrected chi connectivity index (χ0v) is 20.5. The number of benzene rings is 2. The number of thiophene rings is 1. The van der Waals surface area contributed by atoms with Gasteiger partial charge in [-0.15, -0.1) is 11.3 Å². The molecule has 0 radical (unpaired) electrons. The fourth-order valence-electron chi connectivity index (χ4n) is 4.35. The van der Waals surface area contributed by atoms with E-state index in [1.165, 1.54) is 47.6 Å². The summed E-state index contributed by atoms with van der Waals surface area (Å²) < 4.78 is 29.9. The second-order valence-corrected chi connectivity index (χ2v) is 9.92. The zero-order chi connectivity index (χ0) is 24.2. The Morgan fingerprint density at radius 2 is 1.80 bits per heavy atom. The van der Waals surface area contributed by atoms with E-state index in [4.69, 9.17) is 4.98 Å². The predicted octanol–water partition coefficient (Wildman–Crippen LogP) is 8.28. The molecule has 0 aliphatic heterocycles. The lowest BCUT2D eigenvalue weighted by atomic mass is 10.1. The lowest BCUT2D eigenvalue weighted by molar-refractivity contribution is 0.567. The molecule has 0 aliphatic rings. The van der Waals surface area contributed by atoms with Crippen LogP contribution in [0.2, 0.25) is 0 Å². The van der Waals surface area contributed by atoms with E-state index >= 15 is 0 Å². The van der Waals surface area contributed by atoms with Crippen molar-refractivity contribution in [1.82, 2.24) is 14.5 Å². The van der Waals surface area contributed by atoms with Crippen molar-refractivity contribution in [3.8, 4) is 22.0 Å². The highest BCUT2D eigenvalue weighted by Gasteiger charge is 2.17. The van der Waals surface area contributed by atoms with Crippen LogP contribution in [-0.2, 0) is 13.0 Å². The average Bonchev–Trinajstić information content (AvgIpc) is 3.49. The first-order chi connectivity index (χ1) is 17.1. The molecule has 178 valence electrons. The molecule has 5 aromatic rings. The molecule has 0 aliphatic carbocycles. The molecule has 0 saturated heterocycles. The van der Waals surface area contributed by atoms with Gasteiger partial charge in [-0.05, 0) is 60.9 Å². The minimum Gasteiger partial charge on any atom is -0.318 e. The number of fused-ring (bicyclic) bond motifs is 1. The lowest BCUT2D eigenvalue weighted by Crippen LogP contribution is -2.05. The van der Waals surface area contributed by atoms with Gasteiger partial charge in [0, 0.05) is 27.6 Å². The number of aromatic nitrogens is 3. The Morgan fingerprint density at radius 3 is 2.66 bits per heavy atom. The SMILES string of the molecule is CCCCCCc1ccc(-c2ccnc(-c3nc4ccccc4n3Cc3ccc(F)cc3F)c2)s1. The van der Waals surface area contributed by atoms with E-state index in [9.17, 15) is 8.78 Å². The van der Waals surface area contributed by atoms with Crippen LogP contribution >= 0.6 is 11.3 Å². The molecule has 0 unspecified atom stereocenters. The van der Waals surface area contributed by atoms with Gasteiger partial charge in [0.05, 0.1) is 17.6 Å². The summed E-state index contributed by atoms with van der Waals surface area (Å²) in [5.74, 6) is -0.495. The second-order valence-electron chi connectivity index (χ2n) is 8.75. The maximum Gasteiger partial charge on any atom is 0.160 e. The molecule has 5 rings (SSSR count). The highest BCUT2D eigenvalue weighted by atomic mass is 32.1. The summed E-state index contributed by atoms with van der Waals surface area (Å²) in [6.45, 7) is 2.46. The highest BCUT2D eigenvalue weighted by molar-refractivity contribution is 7.15. The number of rotatable bonds is 9. The Labute approximate surface area is 208 Å². The zero-order valence-electron chi connectivity index (χ0n) is 19.7. The summed E-state index contributed by atoms with van der Waals surface area (Å²) in [6.07, 6.45) is 7.94. The molecule has 35 heavy (non-hydrogen) atoms. The maximum atomic E-state index is 14.5. The van der Waals surface area contributed by atoms with E-state index in [0.717, 1.165) is 34.8 Å². The number of pyridine rings is 1. The van der Waals surface area contributed by atoms with Crippen molar-refractivity contribution in [3.05, 3.63) is 95.0 Å². The van der Waals surface area contributed by atoms with Crippen LogP contribution in [0.1, 0.15) is 43.0 Å². The molecular weight excluding hydrogens is 460 g/mol. The molecule has 0 fully saturated rings. The van der Waals surface area contributed by atoms with Crippen molar-refractivity contribution in [1.29, 1.82) is 0 Å². The number of imidazole rings is 1. The molecule has 0 amide bonds. The summed E-state index contributed by atoms with van der Waals surface area (Å²) in [5.41, 5.74) is 3.90. The van der Waals surface area contributed by atoms with E-state index in [1.54, 1.807) is 6.20 Å². The highest BCUT2D eigenvalue weighted by Crippen LogP contribution is 2.32. The van der Waals surface area contributed by atoms with E-state index in [1.807, 2.05) is 52.3 Å². The molecule has 0 saturated carbocycles. The first-order valence-electron chi connectivity index (χ1n) is 12.1. The topological polar surface area (TPSA) is 30.7 Å². The number of unbranched alkanes of at least 4 members (excludes halogenated alkanes) is 3. The Kier molecular flexibility index (Phi) is 7.00. The molecule has 3 aromatic heterocycles. The summed E-state index contributed by atoms with van der Waals surface area (Å²) in [4.78, 5) is 12.0. The summed E-state index contributed by atoms with van der Waals surface area (Å²) in [7, 11) is 0. The van der Waals surface area contributed by atoms with Gasteiger partial charge in [-0.2, -0.15) is 0 Å². The molecule has 2 aromatic carbocycles. The van der Waals surface area contributed by atoms with E-state index in [0.29, 0.717) is 11.4 Å². The van der Waals surface area contributed by atoms with Crippen molar-refractivity contribution >= 4 is 22.4 Å². The molecule has 3 heterocycles. The number of para-hydroxylation sites is 2. The molecule has 0 spiro atoms. The number of hydrogen-bond donors (Lipinski definition) is 0. The Balaban J connectivity index is 1.49. The average molecular weight is 488 g/mol. The first-order valence-corrected chi connectivity index (χ1v) is 12.9. The smallest absolute Gasteiger partial charge is 0.160 e. The third-order valence-electron chi connectivity index (χ3n) is 6.21. The minimum absolute atomic E-state index is 0.231. The second kappa shape index (κ2) is 10.5. The van der Waals surface area contributed by atoms with Crippen molar-refractivity contribution in [2.24, 2.45) is 0 Å². The van der Waals surface area contributed by atoms with Gasteiger partial charge in [-0.3, -0.25) is 4.98 Å². The monoisotopic (exact) mass is 487 g/mol. The van der Waals surface area contributed by atoms with Crippen molar-refractivity contribution in [2.75, 3.05) is 0 Å². The van der Waals surface area contributed by atoms with E-state index < -0.39 is 11.6 Å². The Bertz CT molecular complexity index is 1450. The van der Waals surface area contributed by atoms with Crippen molar-refractivity contribution < 1.29 is 8.78 Å². The van der Waals surface area contributed by atoms with Crippen LogP contribution in [0.3, 0.4) is 0 Å². The predicted molar refractivity (Wildman–Crippen MR) is 140 cm³/mol. The Hall–Kier alpha value is -3.38. The lowest BCUT2D eigenvalue weighted by Gasteiger charge is -2.11. The van der Waals surface area contributed by atoms with Crippen LogP contribution in [0.5, 0.6) is 0 Å². The minimum atomic E-state index is -0.586. The largest absolute Gasteiger partial charge is 0.318 e. The molecule has 6 heteroatoms. The standard InChI is InChI=1S/C29H27F2N3S/c1-2-3-4-5-8-23-13-14-28(35-23)20-15-16-32-26(17-20)29-33-25-9-6-7-10-27(25)34(29)19-21-11-12-22(30)18-24(21)31/h6-7,9-18H,2-5,8,19H2,1H3. The fraction of sp³-hybridized carbons (Fsp3) is 0.241. The van der Waals surface area contributed by atoms with Crippen LogP contribution in [0, 0.1) is 11.6 Å². The number of nitrogens with zero attached hydrogens (tertiary/aromatic N) is 3. The number of halogens is 2. The third kappa shape index (κ3) is 5.17. The van der Waals surface area contributed by atoms with Gasteiger partial charge in [0.15, 0.2) is 5.82 Å². The van der Waals surface area contributed by atoms with Gasteiger partial charge in [0.25, 0.3) is 0 Å². The first kappa shape index (κ1) is 23.4. The summed E-state index contributed by atoms with van der Waals surface area (Å²) in [6, 6.07) is 19.9. The van der Waals surface area contributed by atoms with Crippen LogP contribution in [0.25, 0.3) is 33.0 Å². The van der Waals surface area contributed by atoms with Gasteiger partial charge in [0.2, 0.25) is 0 Å². The van der Waals surface area contributed by atoms with Gasteiger partial charge >= 0.3 is 0 Å². The normalized spacial score (nSPS) is 11.4. The fourth-order valence-corrected chi connectivity index (χ4v) is 5.40. The molecule has 0 bridgehead atoms. The molecule has 0 atom stereocenters. The van der Waals surface area contributed by atoms with Crippen LogP contribution < -0.4 is 0 Å². The summed E-state index contributed by atoms with van der Waals surface area (Å²) in [5, 5.41) is 0. The van der Waals surface area contributed by atoms with Crippen LogP contribution in [-0.4, -0.2) is 14.5 Å². The quantitative estimate of drug-likeness (QED) is 0.196. The van der Waals surface area contributed by atoms with Gasteiger partial charge in [0.1, 0.15) is 17.3 Å².